The monoisotopic (exact) mass is 343 g/mol. The van der Waals surface area contributed by atoms with Gasteiger partial charge in [0.25, 0.3) is 5.91 Å². The molecule has 0 unspecified atom stereocenters. The smallest absolute Gasteiger partial charge is 0.255 e. The van der Waals surface area contributed by atoms with Gasteiger partial charge in [0.2, 0.25) is 0 Å². The van der Waals surface area contributed by atoms with E-state index >= 15 is 0 Å². The fourth-order valence-corrected chi connectivity index (χ4v) is 3.37. The first-order chi connectivity index (χ1) is 12.0. The maximum Gasteiger partial charge on any atom is 0.255 e. The van der Waals surface area contributed by atoms with Crippen molar-refractivity contribution in [3.05, 3.63) is 41.5 Å². The molecule has 2 N–H and O–H groups in total. The van der Waals surface area contributed by atoms with E-state index in [1.54, 1.807) is 0 Å². The molecule has 7 heteroatoms. The summed E-state index contributed by atoms with van der Waals surface area (Å²) in [6.45, 7) is 6.62. The van der Waals surface area contributed by atoms with Gasteiger partial charge < -0.3 is 10.5 Å². The number of primary amides is 1. The quantitative estimate of drug-likeness (QED) is 0.822. The second kappa shape index (κ2) is 7.65. The van der Waals surface area contributed by atoms with Crippen LogP contribution in [0.25, 0.3) is 0 Å². The van der Waals surface area contributed by atoms with Gasteiger partial charge in [0.1, 0.15) is 17.4 Å². The summed E-state index contributed by atoms with van der Waals surface area (Å²) in [7, 11) is 0. The van der Waals surface area contributed by atoms with E-state index in [9.17, 15) is 4.79 Å². The van der Waals surface area contributed by atoms with Crippen molar-refractivity contribution in [2.24, 2.45) is 5.73 Å². The van der Waals surface area contributed by atoms with Crippen LogP contribution < -0.4 is 10.5 Å². The number of hydrogen-bond acceptors (Lipinski definition) is 5. The molecular formula is C18H25N5O2. The normalized spacial score (nSPS) is 17.8. The number of aryl methyl sites for hydroxylation is 2. The zero-order valence-corrected chi connectivity index (χ0v) is 14.8. The molecule has 1 aliphatic rings. The summed E-state index contributed by atoms with van der Waals surface area (Å²) < 4.78 is 7.40. The molecule has 1 atom stereocenters. The van der Waals surface area contributed by atoms with Crippen molar-refractivity contribution >= 4 is 5.91 Å². The SMILES string of the molecule is Cc1nc(C)n(C[C@H]2CCCN2Cc2cccc(OCC(N)=O)c2)n1. The van der Waals surface area contributed by atoms with Crippen LogP contribution in [0.2, 0.25) is 0 Å². The van der Waals surface area contributed by atoms with Gasteiger partial charge in [-0.2, -0.15) is 5.10 Å². The predicted molar refractivity (Wildman–Crippen MR) is 94.1 cm³/mol. The van der Waals surface area contributed by atoms with Gasteiger partial charge in [0.15, 0.2) is 6.61 Å². The number of aromatic nitrogens is 3. The van der Waals surface area contributed by atoms with E-state index in [-0.39, 0.29) is 6.61 Å². The van der Waals surface area contributed by atoms with Gasteiger partial charge in [-0.05, 0) is 50.9 Å². The second-order valence-electron chi connectivity index (χ2n) is 6.56. The van der Waals surface area contributed by atoms with Crippen LogP contribution in [0.5, 0.6) is 5.75 Å². The van der Waals surface area contributed by atoms with Crippen molar-refractivity contribution < 1.29 is 9.53 Å². The highest BCUT2D eigenvalue weighted by molar-refractivity contribution is 5.75. The lowest BCUT2D eigenvalue weighted by Gasteiger charge is -2.25. The molecule has 0 bridgehead atoms. The Kier molecular flexibility index (Phi) is 5.33. The average Bonchev–Trinajstić information content (AvgIpc) is 3.12. The predicted octanol–water partition coefficient (Wildman–Crippen LogP) is 1.42. The van der Waals surface area contributed by atoms with Gasteiger partial charge in [-0.3, -0.25) is 9.69 Å². The number of benzene rings is 1. The van der Waals surface area contributed by atoms with Crippen molar-refractivity contribution in [1.29, 1.82) is 0 Å². The molecule has 134 valence electrons. The summed E-state index contributed by atoms with van der Waals surface area (Å²) in [5.74, 6) is 1.99. The molecule has 0 radical (unpaired) electrons. The molecule has 1 aromatic carbocycles. The highest BCUT2D eigenvalue weighted by Crippen LogP contribution is 2.23. The average molecular weight is 343 g/mol. The number of nitrogens with two attached hydrogens (primary N) is 1. The van der Waals surface area contributed by atoms with E-state index in [0.29, 0.717) is 11.8 Å². The molecule has 7 nitrogen and oxygen atoms in total. The van der Waals surface area contributed by atoms with Crippen molar-refractivity contribution in [3.63, 3.8) is 0 Å². The Labute approximate surface area is 147 Å². The molecule has 1 saturated heterocycles. The molecule has 2 heterocycles. The Balaban J connectivity index is 1.64. The lowest BCUT2D eigenvalue weighted by atomic mass is 10.1. The van der Waals surface area contributed by atoms with Gasteiger partial charge in [-0.25, -0.2) is 9.67 Å². The highest BCUT2D eigenvalue weighted by atomic mass is 16.5. The maximum absolute atomic E-state index is 10.9. The number of amides is 1. The topological polar surface area (TPSA) is 86.3 Å². The Morgan fingerprint density at radius 2 is 2.24 bits per heavy atom. The van der Waals surface area contributed by atoms with Crippen LogP contribution in [-0.4, -0.2) is 44.8 Å². The van der Waals surface area contributed by atoms with Crippen LogP contribution in [0.3, 0.4) is 0 Å². The molecule has 25 heavy (non-hydrogen) atoms. The molecule has 0 saturated carbocycles. The van der Waals surface area contributed by atoms with Crippen LogP contribution in [0.1, 0.15) is 30.1 Å². The second-order valence-corrected chi connectivity index (χ2v) is 6.56. The number of hydrogen-bond donors (Lipinski definition) is 1. The molecule has 2 aromatic rings. The van der Waals surface area contributed by atoms with Gasteiger partial charge in [-0.1, -0.05) is 12.1 Å². The fourth-order valence-electron chi connectivity index (χ4n) is 3.37. The first-order valence-corrected chi connectivity index (χ1v) is 8.63. The largest absolute Gasteiger partial charge is 0.484 e. The number of carbonyl (C=O) groups is 1. The minimum absolute atomic E-state index is 0.0965. The Bertz CT molecular complexity index is 743. The molecule has 1 amide bonds. The Morgan fingerprint density at radius 3 is 2.96 bits per heavy atom. The van der Waals surface area contributed by atoms with Crippen molar-refractivity contribution in [2.75, 3.05) is 13.2 Å². The lowest BCUT2D eigenvalue weighted by Crippen LogP contribution is -2.33. The number of likely N-dealkylation sites (tertiary alicyclic amines) is 1. The van der Waals surface area contributed by atoms with Crippen LogP contribution in [0, 0.1) is 13.8 Å². The minimum Gasteiger partial charge on any atom is -0.484 e. The minimum atomic E-state index is -0.469. The Morgan fingerprint density at radius 1 is 1.40 bits per heavy atom. The van der Waals surface area contributed by atoms with E-state index in [2.05, 4.69) is 21.0 Å². The fraction of sp³-hybridized carbons (Fsp3) is 0.500. The van der Waals surface area contributed by atoms with Crippen LogP contribution >= 0.6 is 0 Å². The zero-order chi connectivity index (χ0) is 17.8. The van der Waals surface area contributed by atoms with Gasteiger partial charge >= 0.3 is 0 Å². The molecule has 0 spiro atoms. The van der Waals surface area contributed by atoms with Crippen molar-refractivity contribution in [1.82, 2.24) is 19.7 Å². The third-order valence-corrected chi connectivity index (χ3v) is 4.51. The standard InChI is InChI=1S/C18H25N5O2/c1-13-20-14(2)23(21-13)11-16-6-4-8-22(16)10-15-5-3-7-17(9-15)25-12-18(19)24/h3,5,7,9,16H,4,6,8,10-12H2,1-2H3,(H2,19,24)/t16-/m1/s1. The van der Waals surface area contributed by atoms with E-state index in [0.717, 1.165) is 37.7 Å². The summed E-state index contributed by atoms with van der Waals surface area (Å²) in [4.78, 5) is 17.7. The van der Waals surface area contributed by atoms with Crippen molar-refractivity contribution in [2.45, 2.75) is 45.8 Å². The summed E-state index contributed by atoms with van der Waals surface area (Å²) in [5, 5.41) is 4.49. The van der Waals surface area contributed by atoms with Gasteiger partial charge in [-0.15, -0.1) is 0 Å². The van der Waals surface area contributed by atoms with Crippen LogP contribution in [0.4, 0.5) is 0 Å². The molecule has 1 aromatic heterocycles. The molecule has 1 fully saturated rings. The summed E-state index contributed by atoms with van der Waals surface area (Å²) in [5.41, 5.74) is 6.30. The van der Waals surface area contributed by atoms with Crippen LogP contribution in [-0.2, 0) is 17.9 Å². The first kappa shape index (κ1) is 17.4. The molecule has 3 rings (SSSR count). The van der Waals surface area contributed by atoms with Gasteiger partial charge in [0.05, 0.1) is 6.54 Å². The third kappa shape index (κ3) is 4.57. The van der Waals surface area contributed by atoms with Crippen molar-refractivity contribution in [3.8, 4) is 5.75 Å². The highest BCUT2D eigenvalue weighted by Gasteiger charge is 2.25. The summed E-state index contributed by atoms with van der Waals surface area (Å²) >= 11 is 0. The third-order valence-electron chi connectivity index (χ3n) is 4.51. The number of ether oxygens (including phenoxy) is 1. The van der Waals surface area contributed by atoms with E-state index in [4.69, 9.17) is 10.5 Å². The Hall–Kier alpha value is -2.41. The van der Waals surface area contributed by atoms with E-state index in [1.807, 2.05) is 36.7 Å². The molecule has 0 aliphatic carbocycles. The zero-order valence-electron chi connectivity index (χ0n) is 14.8. The van der Waals surface area contributed by atoms with E-state index in [1.165, 1.54) is 12.0 Å². The maximum atomic E-state index is 10.9. The number of carbonyl (C=O) groups excluding carboxylic acids is 1. The number of rotatable bonds is 7. The van der Waals surface area contributed by atoms with E-state index < -0.39 is 5.91 Å². The molecule has 1 aliphatic heterocycles. The first-order valence-electron chi connectivity index (χ1n) is 8.63. The van der Waals surface area contributed by atoms with Gasteiger partial charge in [0, 0.05) is 12.6 Å². The lowest BCUT2D eigenvalue weighted by molar-refractivity contribution is -0.119. The molecular weight excluding hydrogens is 318 g/mol. The summed E-state index contributed by atoms with van der Waals surface area (Å²) in [6, 6.07) is 8.30. The summed E-state index contributed by atoms with van der Waals surface area (Å²) in [6.07, 6.45) is 2.35. The number of nitrogens with zero attached hydrogens (tertiary/aromatic N) is 4. The van der Waals surface area contributed by atoms with Crippen LogP contribution in [0.15, 0.2) is 24.3 Å².